The van der Waals surface area contributed by atoms with Crippen LogP contribution in [0, 0.1) is 0 Å². The fraction of sp³-hybridized carbons (Fsp3) is 0.375. The molecule has 0 fully saturated rings. The van der Waals surface area contributed by atoms with Crippen molar-refractivity contribution in [2.45, 2.75) is 32.1 Å². The first-order chi connectivity index (χ1) is 11.1. The number of para-hydroxylation sites is 1. The summed E-state index contributed by atoms with van der Waals surface area (Å²) in [5.74, 6) is -6.36. The van der Waals surface area contributed by atoms with Gasteiger partial charge in [-0.1, -0.05) is 32.0 Å². The van der Waals surface area contributed by atoms with Crippen molar-refractivity contribution < 1.29 is 36.6 Å². The highest BCUT2D eigenvalue weighted by Gasteiger charge is 2.42. The van der Waals surface area contributed by atoms with Crippen LogP contribution in [0.5, 0.6) is 5.75 Å². The van der Waals surface area contributed by atoms with E-state index in [0.29, 0.717) is 17.9 Å². The molecule has 0 aromatic heterocycles. The Labute approximate surface area is 136 Å². The second kappa shape index (κ2) is 8.47. The van der Waals surface area contributed by atoms with Crippen LogP contribution >= 0.6 is 0 Å². The third-order valence-electron chi connectivity index (χ3n) is 2.83. The molecule has 132 valence electrons. The molecule has 0 spiro atoms. The molecule has 0 unspecified atom stereocenters. The van der Waals surface area contributed by atoms with Crippen molar-refractivity contribution in [2.24, 2.45) is 0 Å². The number of alkyl halides is 4. The van der Waals surface area contributed by atoms with E-state index in [9.17, 15) is 27.2 Å². The van der Waals surface area contributed by atoms with Crippen molar-refractivity contribution in [2.75, 3.05) is 6.61 Å². The van der Waals surface area contributed by atoms with Crippen LogP contribution in [0.15, 0.2) is 36.4 Å². The van der Waals surface area contributed by atoms with Crippen LogP contribution in [-0.4, -0.2) is 30.9 Å². The number of hydrogen-bond acceptors (Lipinski definition) is 4. The Bertz CT molecular complexity index is 612. The first-order valence-corrected chi connectivity index (χ1v) is 6.95. The molecule has 1 aromatic rings. The molecule has 0 aliphatic rings. The van der Waals surface area contributed by atoms with Crippen LogP contribution in [-0.2, 0) is 14.3 Å². The minimum atomic E-state index is -4.44. The molecule has 0 atom stereocenters. The lowest BCUT2D eigenvalue weighted by atomic mass is 10.0. The first kappa shape index (κ1) is 19.7. The summed E-state index contributed by atoms with van der Waals surface area (Å²) in [6, 6.07) is 6.74. The van der Waals surface area contributed by atoms with E-state index in [4.69, 9.17) is 4.74 Å². The van der Waals surface area contributed by atoms with Gasteiger partial charge in [0.1, 0.15) is 5.75 Å². The number of rotatable bonds is 7. The fourth-order valence-electron chi connectivity index (χ4n) is 1.61. The van der Waals surface area contributed by atoms with Crippen molar-refractivity contribution in [3.8, 4) is 5.75 Å². The molecule has 8 heteroatoms. The summed E-state index contributed by atoms with van der Waals surface area (Å²) >= 11 is 0. The third-order valence-corrected chi connectivity index (χ3v) is 2.83. The molecule has 0 amide bonds. The Kier molecular flexibility index (Phi) is 6.94. The molecule has 0 N–H and O–H groups in total. The van der Waals surface area contributed by atoms with Gasteiger partial charge in [0.2, 0.25) is 0 Å². The van der Waals surface area contributed by atoms with E-state index >= 15 is 0 Å². The van der Waals surface area contributed by atoms with Crippen LogP contribution in [0.25, 0.3) is 0 Å². The van der Waals surface area contributed by atoms with Crippen molar-refractivity contribution in [1.82, 2.24) is 0 Å². The second-order valence-electron chi connectivity index (χ2n) is 5.12. The van der Waals surface area contributed by atoms with Gasteiger partial charge >= 0.3 is 24.3 Å². The molecule has 0 saturated carbocycles. The largest absolute Gasteiger partial charge is 0.456 e. The highest BCUT2D eigenvalue weighted by Crippen LogP contribution is 2.26. The zero-order chi connectivity index (χ0) is 18.3. The summed E-state index contributed by atoms with van der Waals surface area (Å²) in [6.07, 6.45) is -2.76. The Balaban J connectivity index is 2.59. The standard InChI is InChI=1S/C16H16F4O4/c1-10(2)11-5-3-4-6-12(11)24-14(22)8-7-13(21)23-9-16(19,20)15(17)18/h3-8,10,15H,9H2,1-2H3/b8-7+. The molecular formula is C16H16F4O4. The van der Waals surface area contributed by atoms with Crippen molar-refractivity contribution in [1.29, 1.82) is 0 Å². The average molecular weight is 348 g/mol. The van der Waals surface area contributed by atoms with Gasteiger partial charge in [-0.15, -0.1) is 0 Å². The predicted octanol–water partition coefficient (Wildman–Crippen LogP) is 3.72. The summed E-state index contributed by atoms with van der Waals surface area (Å²) in [4.78, 5) is 22.8. The van der Waals surface area contributed by atoms with E-state index in [-0.39, 0.29) is 5.92 Å². The van der Waals surface area contributed by atoms with Gasteiger partial charge in [-0.05, 0) is 17.5 Å². The number of carbonyl (C=O) groups excluding carboxylic acids is 2. The number of benzene rings is 1. The van der Waals surface area contributed by atoms with Gasteiger partial charge in [0.25, 0.3) is 0 Å². The number of esters is 2. The minimum Gasteiger partial charge on any atom is -0.456 e. The van der Waals surface area contributed by atoms with Crippen LogP contribution in [0.2, 0.25) is 0 Å². The van der Waals surface area contributed by atoms with Gasteiger partial charge in [0.05, 0.1) is 0 Å². The predicted molar refractivity (Wildman–Crippen MR) is 77.2 cm³/mol. The lowest BCUT2D eigenvalue weighted by molar-refractivity contribution is -0.176. The third kappa shape index (κ3) is 6.02. The zero-order valence-corrected chi connectivity index (χ0v) is 13.0. The topological polar surface area (TPSA) is 52.6 Å². The van der Waals surface area contributed by atoms with E-state index in [2.05, 4.69) is 4.74 Å². The summed E-state index contributed by atoms with van der Waals surface area (Å²) in [7, 11) is 0. The average Bonchev–Trinajstić information content (AvgIpc) is 2.51. The quantitative estimate of drug-likeness (QED) is 0.326. The number of carbonyl (C=O) groups is 2. The van der Waals surface area contributed by atoms with E-state index in [0.717, 1.165) is 5.56 Å². The SMILES string of the molecule is CC(C)c1ccccc1OC(=O)/C=C/C(=O)OCC(F)(F)C(F)F. The summed E-state index contributed by atoms with van der Waals surface area (Å²) < 4.78 is 57.9. The fourth-order valence-corrected chi connectivity index (χ4v) is 1.61. The van der Waals surface area contributed by atoms with Gasteiger partial charge in [-0.3, -0.25) is 0 Å². The maximum atomic E-state index is 12.6. The highest BCUT2D eigenvalue weighted by atomic mass is 19.3. The van der Waals surface area contributed by atoms with Crippen molar-refractivity contribution >= 4 is 11.9 Å². The second-order valence-corrected chi connectivity index (χ2v) is 5.12. The molecule has 0 aliphatic heterocycles. The zero-order valence-electron chi connectivity index (χ0n) is 13.0. The lowest BCUT2D eigenvalue weighted by Gasteiger charge is -2.14. The highest BCUT2D eigenvalue weighted by molar-refractivity contribution is 5.92. The molecule has 0 heterocycles. The number of hydrogen-bond donors (Lipinski definition) is 0. The molecule has 0 aliphatic carbocycles. The number of halogens is 4. The Morgan fingerprint density at radius 1 is 1.12 bits per heavy atom. The van der Waals surface area contributed by atoms with E-state index in [1.165, 1.54) is 0 Å². The normalized spacial score (nSPS) is 12.0. The summed E-state index contributed by atoms with van der Waals surface area (Å²) in [5, 5.41) is 0. The Morgan fingerprint density at radius 3 is 2.29 bits per heavy atom. The van der Waals surface area contributed by atoms with Crippen LogP contribution < -0.4 is 4.74 Å². The minimum absolute atomic E-state index is 0.0829. The smallest absolute Gasteiger partial charge is 0.340 e. The van der Waals surface area contributed by atoms with Gasteiger partial charge in [0, 0.05) is 12.2 Å². The Morgan fingerprint density at radius 2 is 1.71 bits per heavy atom. The molecule has 4 nitrogen and oxygen atoms in total. The summed E-state index contributed by atoms with van der Waals surface area (Å²) in [6.45, 7) is 2.01. The molecular weight excluding hydrogens is 332 g/mol. The molecule has 1 rings (SSSR count). The van der Waals surface area contributed by atoms with E-state index in [1.54, 1.807) is 24.3 Å². The van der Waals surface area contributed by atoms with Gasteiger partial charge < -0.3 is 9.47 Å². The van der Waals surface area contributed by atoms with Crippen molar-refractivity contribution in [3.05, 3.63) is 42.0 Å². The maximum Gasteiger partial charge on any atom is 0.340 e. The molecule has 0 radical (unpaired) electrons. The molecule has 24 heavy (non-hydrogen) atoms. The van der Waals surface area contributed by atoms with E-state index in [1.807, 2.05) is 13.8 Å². The summed E-state index contributed by atoms with van der Waals surface area (Å²) in [5.41, 5.74) is 0.762. The van der Waals surface area contributed by atoms with Gasteiger partial charge in [0.15, 0.2) is 6.61 Å². The van der Waals surface area contributed by atoms with Crippen molar-refractivity contribution in [3.63, 3.8) is 0 Å². The lowest BCUT2D eigenvalue weighted by Crippen LogP contribution is -2.33. The van der Waals surface area contributed by atoms with E-state index < -0.39 is 30.9 Å². The van der Waals surface area contributed by atoms with Gasteiger partial charge in [-0.25, -0.2) is 18.4 Å². The maximum absolute atomic E-state index is 12.6. The Hall–Kier alpha value is -2.38. The van der Waals surface area contributed by atoms with Crippen LogP contribution in [0.1, 0.15) is 25.3 Å². The first-order valence-electron chi connectivity index (χ1n) is 6.95. The van der Waals surface area contributed by atoms with Gasteiger partial charge in [-0.2, -0.15) is 8.78 Å². The molecule has 0 saturated heterocycles. The monoisotopic (exact) mass is 348 g/mol. The number of ether oxygens (including phenoxy) is 2. The molecule has 0 bridgehead atoms. The van der Waals surface area contributed by atoms with Crippen LogP contribution in [0.4, 0.5) is 17.6 Å². The molecule has 1 aromatic carbocycles. The van der Waals surface area contributed by atoms with Crippen LogP contribution in [0.3, 0.4) is 0 Å².